The Morgan fingerprint density at radius 2 is 2.11 bits per heavy atom. The monoisotopic (exact) mass is 250 g/mol. The molecule has 0 aliphatic carbocycles. The summed E-state index contributed by atoms with van der Waals surface area (Å²) in [5, 5.41) is 10.3. The highest BCUT2D eigenvalue weighted by Gasteiger charge is 2.29. The maximum absolute atomic E-state index is 10.3. The van der Waals surface area contributed by atoms with E-state index >= 15 is 0 Å². The van der Waals surface area contributed by atoms with Gasteiger partial charge in [0, 0.05) is 13.0 Å². The van der Waals surface area contributed by atoms with Gasteiger partial charge in [-0.1, -0.05) is 24.3 Å². The number of rotatable bonds is 5. The maximum Gasteiger partial charge on any atom is 0.0841 e. The van der Waals surface area contributed by atoms with E-state index in [9.17, 15) is 5.11 Å². The minimum Gasteiger partial charge on any atom is -0.388 e. The van der Waals surface area contributed by atoms with Crippen LogP contribution < -0.4 is 0 Å². The molecule has 3 unspecified atom stereocenters. The molecule has 0 aromatic heterocycles. The highest BCUT2D eigenvalue weighted by Crippen LogP contribution is 2.31. The third-order valence-electron chi connectivity index (χ3n) is 3.59. The molecule has 0 amide bonds. The molecule has 3 heteroatoms. The Kier molecular flexibility index (Phi) is 4.75. The van der Waals surface area contributed by atoms with Gasteiger partial charge in [0.25, 0.3) is 0 Å². The first-order chi connectivity index (χ1) is 8.70. The summed E-state index contributed by atoms with van der Waals surface area (Å²) >= 11 is 0. The van der Waals surface area contributed by atoms with E-state index in [1.54, 1.807) is 7.11 Å². The number of hydrogen-bond acceptors (Lipinski definition) is 3. The van der Waals surface area contributed by atoms with Gasteiger partial charge in [-0.15, -0.1) is 0 Å². The SMILES string of the molecule is COCCc1ccc(C(O)C2COC(C)C2)cc1. The van der Waals surface area contributed by atoms with Crippen LogP contribution in [0.1, 0.15) is 30.6 Å². The lowest BCUT2D eigenvalue weighted by atomic mass is 9.93. The van der Waals surface area contributed by atoms with E-state index in [-0.39, 0.29) is 12.0 Å². The summed E-state index contributed by atoms with van der Waals surface area (Å²) in [6.07, 6.45) is 1.71. The van der Waals surface area contributed by atoms with Gasteiger partial charge in [-0.05, 0) is 30.9 Å². The van der Waals surface area contributed by atoms with Crippen LogP contribution in [0.2, 0.25) is 0 Å². The molecule has 1 fully saturated rings. The fourth-order valence-electron chi connectivity index (χ4n) is 2.44. The van der Waals surface area contributed by atoms with Crippen molar-refractivity contribution in [1.82, 2.24) is 0 Å². The summed E-state index contributed by atoms with van der Waals surface area (Å²) in [7, 11) is 1.71. The van der Waals surface area contributed by atoms with E-state index in [4.69, 9.17) is 9.47 Å². The molecule has 1 N–H and O–H groups in total. The van der Waals surface area contributed by atoms with Crippen LogP contribution in [0.25, 0.3) is 0 Å². The molecule has 0 saturated carbocycles. The van der Waals surface area contributed by atoms with Crippen LogP contribution in [0.3, 0.4) is 0 Å². The number of methoxy groups -OCH3 is 1. The summed E-state index contributed by atoms with van der Waals surface area (Å²) in [6, 6.07) is 8.16. The normalized spacial score (nSPS) is 25.3. The fourth-order valence-corrected chi connectivity index (χ4v) is 2.44. The molecular formula is C15H22O3. The van der Waals surface area contributed by atoms with Gasteiger partial charge in [0.05, 0.1) is 25.4 Å². The van der Waals surface area contributed by atoms with Crippen molar-refractivity contribution in [3.8, 4) is 0 Å². The Hall–Kier alpha value is -0.900. The largest absolute Gasteiger partial charge is 0.388 e. The third-order valence-corrected chi connectivity index (χ3v) is 3.59. The molecule has 1 heterocycles. The van der Waals surface area contributed by atoms with Gasteiger partial charge < -0.3 is 14.6 Å². The van der Waals surface area contributed by atoms with Gasteiger partial charge in [-0.25, -0.2) is 0 Å². The molecule has 18 heavy (non-hydrogen) atoms. The van der Waals surface area contributed by atoms with E-state index in [2.05, 4.69) is 19.1 Å². The molecule has 3 atom stereocenters. The molecule has 0 radical (unpaired) electrons. The van der Waals surface area contributed by atoms with Crippen LogP contribution in [0.15, 0.2) is 24.3 Å². The Labute approximate surface area is 109 Å². The van der Waals surface area contributed by atoms with Crippen molar-refractivity contribution < 1.29 is 14.6 Å². The Morgan fingerprint density at radius 3 is 2.67 bits per heavy atom. The minimum atomic E-state index is -0.411. The fraction of sp³-hybridized carbons (Fsp3) is 0.600. The van der Waals surface area contributed by atoms with E-state index in [1.165, 1.54) is 5.56 Å². The molecule has 1 aromatic carbocycles. The molecule has 0 bridgehead atoms. The Balaban J connectivity index is 1.96. The van der Waals surface area contributed by atoms with E-state index in [1.807, 2.05) is 12.1 Å². The zero-order chi connectivity index (χ0) is 13.0. The number of aliphatic hydroxyl groups is 1. The average Bonchev–Trinajstić information content (AvgIpc) is 2.83. The number of ether oxygens (including phenoxy) is 2. The van der Waals surface area contributed by atoms with Gasteiger partial charge in [-0.2, -0.15) is 0 Å². The van der Waals surface area contributed by atoms with Crippen molar-refractivity contribution >= 4 is 0 Å². The minimum absolute atomic E-state index is 0.227. The van der Waals surface area contributed by atoms with Crippen molar-refractivity contribution in [2.45, 2.75) is 32.0 Å². The predicted molar refractivity (Wildman–Crippen MR) is 70.5 cm³/mol. The lowest BCUT2D eigenvalue weighted by Gasteiger charge is -2.17. The second kappa shape index (κ2) is 6.32. The van der Waals surface area contributed by atoms with E-state index < -0.39 is 6.10 Å². The molecular weight excluding hydrogens is 228 g/mol. The van der Waals surface area contributed by atoms with Crippen molar-refractivity contribution in [2.75, 3.05) is 20.3 Å². The summed E-state index contributed by atoms with van der Waals surface area (Å²) in [6.45, 7) is 3.45. The van der Waals surface area contributed by atoms with Gasteiger partial charge in [0.2, 0.25) is 0 Å². The van der Waals surface area contributed by atoms with Crippen molar-refractivity contribution in [3.63, 3.8) is 0 Å². The molecule has 1 aromatic rings. The molecule has 100 valence electrons. The molecule has 1 aliphatic rings. The standard InChI is InChI=1S/C15H22O3/c1-11-9-14(10-18-11)15(16)13-5-3-12(4-6-13)7-8-17-2/h3-6,11,14-16H,7-10H2,1-2H3. The summed E-state index contributed by atoms with van der Waals surface area (Å²) in [5.74, 6) is 0.227. The zero-order valence-corrected chi connectivity index (χ0v) is 11.1. The van der Waals surface area contributed by atoms with E-state index in [0.717, 1.165) is 25.0 Å². The van der Waals surface area contributed by atoms with Crippen molar-refractivity contribution in [1.29, 1.82) is 0 Å². The molecule has 2 rings (SSSR count). The first-order valence-electron chi connectivity index (χ1n) is 6.58. The lowest BCUT2D eigenvalue weighted by molar-refractivity contribution is 0.0804. The Bertz CT molecular complexity index is 361. The van der Waals surface area contributed by atoms with E-state index in [0.29, 0.717) is 6.61 Å². The summed E-state index contributed by atoms with van der Waals surface area (Å²) in [5.41, 5.74) is 2.22. The van der Waals surface area contributed by atoms with Gasteiger partial charge in [-0.3, -0.25) is 0 Å². The van der Waals surface area contributed by atoms with Crippen molar-refractivity contribution in [3.05, 3.63) is 35.4 Å². The Morgan fingerprint density at radius 1 is 1.39 bits per heavy atom. The third kappa shape index (κ3) is 3.31. The second-order valence-corrected chi connectivity index (χ2v) is 5.07. The summed E-state index contributed by atoms with van der Waals surface area (Å²) in [4.78, 5) is 0. The van der Waals surface area contributed by atoms with Gasteiger partial charge in [0.15, 0.2) is 0 Å². The second-order valence-electron chi connectivity index (χ2n) is 5.07. The van der Waals surface area contributed by atoms with Crippen LogP contribution in [-0.2, 0) is 15.9 Å². The van der Waals surface area contributed by atoms with Crippen LogP contribution in [0.5, 0.6) is 0 Å². The quantitative estimate of drug-likeness (QED) is 0.871. The van der Waals surface area contributed by atoms with Crippen molar-refractivity contribution in [2.24, 2.45) is 5.92 Å². The molecule has 3 nitrogen and oxygen atoms in total. The smallest absolute Gasteiger partial charge is 0.0841 e. The first kappa shape index (κ1) is 13.5. The number of hydrogen-bond donors (Lipinski definition) is 1. The van der Waals surface area contributed by atoms with Crippen LogP contribution in [0, 0.1) is 5.92 Å². The molecule has 0 spiro atoms. The first-order valence-corrected chi connectivity index (χ1v) is 6.58. The highest BCUT2D eigenvalue weighted by atomic mass is 16.5. The molecule has 1 aliphatic heterocycles. The predicted octanol–water partition coefficient (Wildman–Crippen LogP) is 2.33. The van der Waals surface area contributed by atoms with Gasteiger partial charge in [0.1, 0.15) is 0 Å². The van der Waals surface area contributed by atoms with Crippen LogP contribution >= 0.6 is 0 Å². The number of benzene rings is 1. The topological polar surface area (TPSA) is 38.7 Å². The molecule has 1 saturated heterocycles. The maximum atomic E-state index is 10.3. The summed E-state index contributed by atoms with van der Waals surface area (Å²) < 4.78 is 10.6. The van der Waals surface area contributed by atoms with Gasteiger partial charge >= 0.3 is 0 Å². The number of aliphatic hydroxyl groups excluding tert-OH is 1. The lowest BCUT2D eigenvalue weighted by Crippen LogP contribution is -2.12. The van der Waals surface area contributed by atoms with Crippen LogP contribution in [0.4, 0.5) is 0 Å². The zero-order valence-electron chi connectivity index (χ0n) is 11.1. The average molecular weight is 250 g/mol. The highest BCUT2D eigenvalue weighted by molar-refractivity contribution is 5.25. The van der Waals surface area contributed by atoms with Crippen LogP contribution in [-0.4, -0.2) is 31.5 Å².